The lowest BCUT2D eigenvalue weighted by molar-refractivity contribution is 0.0141. The monoisotopic (exact) mass is 511 g/mol. The van der Waals surface area contributed by atoms with Gasteiger partial charge in [0, 0.05) is 30.5 Å². The zero-order chi connectivity index (χ0) is 26.6. The largest absolute Gasteiger partial charge is 0.460 e. The highest BCUT2D eigenvalue weighted by atomic mass is 16.6. The van der Waals surface area contributed by atoms with Crippen LogP contribution in [0.4, 0.5) is 5.69 Å². The highest BCUT2D eigenvalue weighted by molar-refractivity contribution is 6.09. The summed E-state index contributed by atoms with van der Waals surface area (Å²) in [7, 11) is 1.83. The Morgan fingerprint density at radius 2 is 1.05 bits per heavy atom. The molecule has 37 heavy (non-hydrogen) atoms. The minimum Gasteiger partial charge on any atom is -0.460 e. The molecule has 0 fully saturated rings. The van der Waals surface area contributed by atoms with E-state index in [9.17, 15) is 9.59 Å². The second kappa shape index (κ2) is 19.4. The van der Waals surface area contributed by atoms with E-state index in [1.54, 1.807) is 36.4 Å². The lowest BCUT2D eigenvalue weighted by Gasteiger charge is -2.08. The fourth-order valence-corrected chi connectivity index (χ4v) is 4.00. The SMILES string of the molecule is CCCCCCCCCCCCOCCOCCOC(=O)c1ccc(C(=O)c2ccc(NC)cc2)cc1. The number of esters is 1. The van der Waals surface area contributed by atoms with Crippen LogP contribution in [-0.2, 0) is 14.2 Å². The fraction of sp³-hybridized carbons (Fsp3) is 0.548. The van der Waals surface area contributed by atoms with E-state index in [2.05, 4.69) is 12.2 Å². The number of benzene rings is 2. The van der Waals surface area contributed by atoms with Crippen molar-refractivity contribution in [3.63, 3.8) is 0 Å². The maximum atomic E-state index is 12.6. The molecule has 6 heteroatoms. The van der Waals surface area contributed by atoms with E-state index in [1.165, 1.54) is 57.8 Å². The molecular formula is C31H45NO5. The first-order chi connectivity index (χ1) is 18.2. The van der Waals surface area contributed by atoms with Gasteiger partial charge in [-0.3, -0.25) is 4.79 Å². The molecule has 0 amide bonds. The van der Waals surface area contributed by atoms with Gasteiger partial charge in [-0.05, 0) is 42.8 Å². The van der Waals surface area contributed by atoms with Gasteiger partial charge in [-0.2, -0.15) is 0 Å². The fourth-order valence-electron chi connectivity index (χ4n) is 4.00. The highest BCUT2D eigenvalue weighted by Gasteiger charge is 2.12. The Bertz CT molecular complexity index is 879. The standard InChI is InChI=1S/C31H45NO5/c1-3-4-5-6-7-8-9-10-11-12-21-35-22-23-36-24-25-37-31(34)28-15-13-26(14-16-28)30(33)27-17-19-29(32-2)20-18-27/h13-20,32H,3-12,21-25H2,1-2H3. The molecule has 0 saturated heterocycles. The van der Waals surface area contributed by atoms with Gasteiger partial charge in [-0.1, -0.05) is 76.8 Å². The van der Waals surface area contributed by atoms with Crippen molar-refractivity contribution in [2.75, 3.05) is 45.4 Å². The number of carbonyl (C=O) groups excluding carboxylic acids is 2. The van der Waals surface area contributed by atoms with Crippen LogP contribution in [0.15, 0.2) is 48.5 Å². The first kappa shape index (κ1) is 30.5. The zero-order valence-corrected chi connectivity index (χ0v) is 22.8. The minimum atomic E-state index is -0.432. The predicted octanol–water partition coefficient (Wildman–Crippen LogP) is 7.07. The van der Waals surface area contributed by atoms with Crippen molar-refractivity contribution in [1.29, 1.82) is 0 Å². The second-order valence-electron chi connectivity index (χ2n) is 9.28. The molecule has 0 atom stereocenters. The van der Waals surface area contributed by atoms with Crippen LogP contribution >= 0.6 is 0 Å². The third-order valence-electron chi connectivity index (χ3n) is 6.29. The van der Waals surface area contributed by atoms with Gasteiger partial charge in [0.15, 0.2) is 5.78 Å². The Balaban J connectivity index is 1.46. The number of carbonyl (C=O) groups is 2. The van der Waals surface area contributed by atoms with E-state index in [0.717, 1.165) is 18.7 Å². The van der Waals surface area contributed by atoms with E-state index < -0.39 is 5.97 Å². The van der Waals surface area contributed by atoms with Gasteiger partial charge in [-0.25, -0.2) is 4.79 Å². The van der Waals surface area contributed by atoms with Gasteiger partial charge in [0.1, 0.15) is 6.61 Å². The molecule has 0 saturated carbocycles. The van der Waals surface area contributed by atoms with E-state index in [-0.39, 0.29) is 12.4 Å². The summed E-state index contributed by atoms with van der Waals surface area (Å²) in [6.07, 6.45) is 13.2. The normalized spacial score (nSPS) is 10.9. The van der Waals surface area contributed by atoms with Gasteiger partial charge in [-0.15, -0.1) is 0 Å². The quantitative estimate of drug-likeness (QED) is 0.110. The Morgan fingerprint density at radius 1 is 0.595 bits per heavy atom. The summed E-state index contributed by atoms with van der Waals surface area (Å²) < 4.78 is 16.4. The van der Waals surface area contributed by atoms with Crippen molar-refractivity contribution in [2.24, 2.45) is 0 Å². The van der Waals surface area contributed by atoms with Crippen LogP contribution in [0.5, 0.6) is 0 Å². The van der Waals surface area contributed by atoms with Gasteiger partial charge >= 0.3 is 5.97 Å². The van der Waals surface area contributed by atoms with E-state index in [4.69, 9.17) is 14.2 Å². The van der Waals surface area contributed by atoms with Gasteiger partial charge < -0.3 is 19.5 Å². The van der Waals surface area contributed by atoms with Crippen molar-refractivity contribution in [1.82, 2.24) is 0 Å². The number of hydrogen-bond acceptors (Lipinski definition) is 6. The van der Waals surface area contributed by atoms with Crippen LogP contribution in [0, 0.1) is 0 Å². The van der Waals surface area contributed by atoms with Crippen LogP contribution in [0.25, 0.3) is 0 Å². The molecule has 0 bridgehead atoms. The number of nitrogens with one attached hydrogen (secondary N) is 1. The van der Waals surface area contributed by atoms with Gasteiger partial charge in [0.2, 0.25) is 0 Å². The van der Waals surface area contributed by atoms with Crippen LogP contribution in [0.2, 0.25) is 0 Å². The average Bonchev–Trinajstić information content (AvgIpc) is 2.94. The third-order valence-corrected chi connectivity index (χ3v) is 6.29. The summed E-state index contributed by atoms with van der Waals surface area (Å²) in [5, 5.41) is 3.03. The van der Waals surface area contributed by atoms with Crippen molar-refractivity contribution in [3.05, 3.63) is 65.2 Å². The molecule has 6 nitrogen and oxygen atoms in total. The number of rotatable bonds is 21. The molecule has 0 unspecified atom stereocenters. The van der Waals surface area contributed by atoms with E-state index in [0.29, 0.717) is 36.5 Å². The van der Waals surface area contributed by atoms with Gasteiger partial charge in [0.05, 0.1) is 25.4 Å². The van der Waals surface area contributed by atoms with Crippen LogP contribution in [-0.4, -0.2) is 51.8 Å². The summed E-state index contributed by atoms with van der Waals surface area (Å²) in [4.78, 5) is 24.8. The summed E-state index contributed by atoms with van der Waals surface area (Å²) in [6, 6.07) is 13.8. The van der Waals surface area contributed by atoms with Crippen molar-refractivity contribution < 1.29 is 23.8 Å². The Labute approximate surface area is 223 Å². The maximum Gasteiger partial charge on any atom is 0.338 e. The zero-order valence-electron chi connectivity index (χ0n) is 22.8. The molecule has 1 N–H and O–H groups in total. The predicted molar refractivity (Wildman–Crippen MR) is 150 cm³/mol. The minimum absolute atomic E-state index is 0.0913. The molecule has 0 heterocycles. The van der Waals surface area contributed by atoms with Crippen LogP contribution in [0.3, 0.4) is 0 Å². The second-order valence-corrected chi connectivity index (χ2v) is 9.28. The summed E-state index contributed by atoms with van der Waals surface area (Å²) >= 11 is 0. The molecule has 0 aliphatic carbocycles. The molecule has 0 radical (unpaired) electrons. The van der Waals surface area contributed by atoms with E-state index >= 15 is 0 Å². The first-order valence-corrected chi connectivity index (χ1v) is 13.9. The smallest absolute Gasteiger partial charge is 0.338 e. The molecular weight excluding hydrogens is 466 g/mol. The lowest BCUT2D eigenvalue weighted by Crippen LogP contribution is -2.13. The number of anilines is 1. The summed E-state index contributed by atoms with van der Waals surface area (Å²) in [5.74, 6) is -0.524. The number of unbranched alkanes of at least 4 members (excludes halogenated alkanes) is 9. The topological polar surface area (TPSA) is 73.9 Å². The molecule has 2 aromatic carbocycles. The number of hydrogen-bond donors (Lipinski definition) is 1. The van der Waals surface area contributed by atoms with Gasteiger partial charge in [0.25, 0.3) is 0 Å². The molecule has 0 spiro atoms. The number of ketones is 1. The van der Waals surface area contributed by atoms with Crippen molar-refractivity contribution in [2.45, 2.75) is 71.1 Å². The highest BCUT2D eigenvalue weighted by Crippen LogP contribution is 2.15. The molecule has 0 aromatic heterocycles. The van der Waals surface area contributed by atoms with E-state index in [1.807, 2.05) is 19.2 Å². The first-order valence-electron chi connectivity index (χ1n) is 13.9. The molecule has 0 aliphatic rings. The van der Waals surface area contributed by atoms with Crippen LogP contribution < -0.4 is 5.32 Å². The summed E-state index contributed by atoms with van der Waals surface area (Å²) in [5.41, 5.74) is 2.46. The molecule has 2 aromatic rings. The average molecular weight is 512 g/mol. The summed E-state index contributed by atoms with van der Waals surface area (Å²) in [6.45, 7) is 4.57. The Hall–Kier alpha value is -2.70. The van der Waals surface area contributed by atoms with Crippen LogP contribution in [0.1, 0.15) is 97.4 Å². The molecule has 2 rings (SSSR count). The van der Waals surface area contributed by atoms with Crippen molar-refractivity contribution >= 4 is 17.4 Å². The maximum absolute atomic E-state index is 12.6. The lowest BCUT2D eigenvalue weighted by atomic mass is 10.0. The third kappa shape index (κ3) is 12.9. The Kier molecular flexibility index (Phi) is 16.0. The molecule has 204 valence electrons. The van der Waals surface area contributed by atoms with Crippen molar-refractivity contribution in [3.8, 4) is 0 Å². The molecule has 0 aliphatic heterocycles. The number of ether oxygens (including phenoxy) is 3. The Morgan fingerprint density at radius 3 is 1.62 bits per heavy atom.